The Hall–Kier alpha value is -3.70. The molecule has 0 fully saturated rings. The topological polar surface area (TPSA) is 179 Å². The SMILES string of the molecule is Cn1c(N)nc2nc[nH]c2c1=O.Cn1c(N)nc2nc[nH]c2c1=O. The number of hydrogen-bond acceptors (Lipinski definition) is 8. The van der Waals surface area contributed by atoms with Gasteiger partial charge in [0.05, 0.1) is 12.7 Å². The monoisotopic (exact) mass is 330 g/mol. The number of nitrogens with zero attached hydrogens (tertiary/aromatic N) is 6. The number of nitrogens with two attached hydrogens (primary N) is 2. The maximum Gasteiger partial charge on any atom is 0.280 e. The van der Waals surface area contributed by atoms with Gasteiger partial charge in [-0.25, -0.2) is 9.97 Å². The molecule has 4 aromatic rings. The van der Waals surface area contributed by atoms with Crippen molar-refractivity contribution in [2.45, 2.75) is 0 Å². The number of rotatable bonds is 0. The standard InChI is InChI=1S/2C6H7N5O/c2*1-11-5(12)3-4(9-2-8-3)10-6(11)7/h2*2H,1H3,(H2,7,10)(H,8,9). The van der Waals surface area contributed by atoms with E-state index < -0.39 is 0 Å². The lowest BCUT2D eigenvalue weighted by Gasteiger charge is -1.99. The van der Waals surface area contributed by atoms with Crippen LogP contribution in [-0.2, 0) is 14.1 Å². The number of aromatic nitrogens is 8. The summed E-state index contributed by atoms with van der Waals surface area (Å²) in [5.41, 5.74) is 11.9. The van der Waals surface area contributed by atoms with Crippen molar-refractivity contribution in [1.29, 1.82) is 0 Å². The van der Waals surface area contributed by atoms with Crippen molar-refractivity contribution in [3.63, 3.8) is 0 Å². The molecule has 12 nitrogen and oxygen atoms in total. The van der Waals surface area contributed by atoms with Gasteiger partial charge in [0.2, 0.25) is 11.9 Å². The number of aromatic amines is 2. The predicted molar refractivity (Wildman–Crippen MR) is 87.1 cm³/mol. The van der Waals surface area contributed by atoms with Crippen molar-refractivity contribution in [3.05, 3.63) is 33.4 Å². The van der Waals surface area contributed by atoms with E-state index in [0.29, 0.717) is 22.3 Å². The Kier molecular flexibility index (Phi) is 3.48. The molecule has 0 aliphatic carbocycles. The Morgan fingerprint density at radius 2 is 1.21 bits per heavy atom. The Balaban J connectivity index is 0.000000141. The fraction of sp³-hybridized carbons (Fsp3) is 0.167. The van der Waals surface area contributed by atoms with Crippen LogP contribution >= 0.6 is 0 Å². The van der Waals surface area contributed by atoms with Crippen LogP contribution in [0.4, 0.5) is 11.9 Å². The van der Waals surface area contributed by atoms with Crippen LogP contribution in [0.1, 0.15) is 0 Å². The van der Waals surface area contributed by atoms with Crippen LogP contribution < -0.4 is 22.6 Å². The zero-order valence-corrected chi connectivity index (χ0v) is 12.8. The number of fused-ring (bicyclic) bond motifs is 2. The lowest BCUT2D eigenvalue weighted by molar-refractivity contribution is 0.858. The van der Waals surface area contributed by atoms with Crippen LogP contribution in [-0.4, -0.2) is 39.0 Å². The second-order valence-electron chi connectivity index (χ2n) is 4.87. The Morgan fingerprint density at radius 1 is 0.833 bits per heavy atom. The molecule has 24 heavy (non-hydrogen) atoms. The normalized spacial score (nSPS) is 10.8. The molecule has 0 amide bonds. The zero-order chi connectivity index (χ0) is 17.4. The van der Waals surface area contributed by atoms with E-state index in [-0.39, 0.29) is 23.0 Å². The molecular weight excluding hydrogens is 316 g/mol. The minimum atomic E-state index is -0.213. The van der Waals surface area contributed by atoms with E-state index >= 15 is 0 Å². The summed E-state index contributed by atoms with van der Waals surface area (Å²) in [6.45, 7) is 0. The van der Waals surface area contributed by atoms with E-state index in [1.807, 2.05) is 0 Å². The maximum atomic E-state index is 11.4. The van der Waals surface area contributed by atoms with Crippen LogP contribution in [0.3, 0.4) is 0 Å². The number of hydrogen-bond donors (Lipinski definition) is 4. The molecule has 0 bridgehead atoms. The molecule has 4 heterocycles. The first-order valence-corrected chi connectivity index (χ1v) is 6.71. The van der Waals surface area contributed by atoms with Gasteiger partial charge in [-0.1, -0.05) is 0 Å². The lowest BCUT2D eigenvalue weighted by atomic mass is 10.5. The molecule has 4 aromatic heterocycles. The first-order valence-electron chi connectivity index (χ1n) is 6.71. The highest BCUT2D eigenvalue weighted by molar-refractivity contribution is 5.70. The van der Waals surface area contributed by atoms with Crippen molar-refractivity contribution < 1.29 is 0 Å². The fourth-order valence-corrected chi connectivity index (χ4v) is 1.97. The van der Waals surface area contributed by atoms with Gasteiger partial charge in [0, 0.05) is 14.1 Å². The molecule has 0 aliphatic heterocycles. The van der Waals surface area contributed by atoms with E-state index in [4.69, 9.17) is 11.5 Å². The highest BCUT2D eigenvalue weighted by atomic mass is 16.1. The fourth-order valence-electron chi connectivity index (χ4n) is 1.97. The number of nitrogens with one attached hydrogen (secondary N) is 2. The van der Waals surface area contributed by atoms with E-state index in [1.165, 1.54) is 21.8 Å². The van der Waals surface area contributed by atoms with Gasteiger partial charge in [-0.05, 0) is 0 Å². The summed E-state index contributed by atoms with van der Waals surface area (Å²) in [7, 11) is 3.12. The number of nitrogen functional groups attached to an aromatic ring is 2. The molecule has 0 atom stereocenters. The van der Waals surface area contributed by atoms with Crippen molar-refractivity contribution in [2.75, 3.05) is 11.5 Å². The predicted octanol–water partition coefficient (Wildman–Crippen LogP) is -1.52. The molecule has 0 spiro atoms. The smallest absolute Gasteiger partial charge is 0.280 e. The Morgan fingerprint density at radius 3 is 1.58 bits per heavy atom. The van der Waals surface area contributed by atoms with Crippen LogP contribution in [0.2, 0.25) is 0 Å². The number of imidazole rings is 2. The third-order valence-corrected chi connectivity index (χ3v) is 3.40. The van der Waals surface area contributed by atoms with Crippen LogP contribution in [0.25, 0.3) is 22.3 Å². The summed E-state index contributed by atoms with van der Waals surface area (Å²) in [5, 5.41) is 0. The average molecular weight is 330 g/mol. The summed E-state index contributed by atoms with van der Waals surface area (Å²) in [6.07, 6.45) is 2.83. The molecule has 0 saturated carbocycles. The zero-order valence-electron chi connectivity index (χ0n) is 12.8. The molecular formula is C12H14N10O2. The van der Waals surface area contributed by atoms with E-state index in [1.54, 1.807) is 14.1 Å². The third-order valence-electron chi connectivity index (χ3n) is 3.40. The van der Waals surface area contributed by atoms with Gasteiger partial charge < -0.3 is 21.4 Å². The second-order valence-corrected chi connectivity index (χ2v) is 4.87. The minimum absolute atomic E-state index is 0.166. The van der Waals surface area contributed by atoms with E-state index in [2.05, 4.69) is 29.9 Å². The third kappa shape index (κ3) is 2.35. The Labute approximate surface area is 133 Å². The van der Waals surface area contributed by atoms with Gasteiger partial charge in [0.1, 0.15) is 0 Å². The Bertz CT molecular complexity index is 1060. The van der Waals surface area contributed by atoms with Crippen LogP contribution in [0.5, 0.6) is 0 Å². The van der Waals surface area contributed by atoms with Gasteiger partial charge in [0.15, 0.2) is 22.3 Å². The number of H-pyrrole nitrogens is 2. The summed E-state index contributed by atoms with van der Waals surface area (Å²) < 4.78 is 2.53. The molecule has 4 rings (SSSR count). The first kappa shape index (κ1) is 15.2. The summed E-state index contributed by atoms with van der Waals surface area (Å²) >= 11 is 0. The van der Waals surface area contributed by atoms with Crippen molar-refractivity contribution in [2.24, 2.45) is 14.1 Å². The van der Waals surface area contributed by atoms with Gasteiger partial charge in [-0.2, -0.15) is 9.97 Å². The summed E-state index contributed by atoms with van der Waals surface area (Å²) in [6, 6.07) is 0. The molecule has 0 saturated heterocycles. The van der Waals surface area contributed by atoms with Gasteiger partial charge in [-0.15, -0.1) is 0 Å². The van der Waals surface area contributed by atoms with E-state index in [0.717, 1.165) is 0 Å². The molecule has 0 aromatic carbocycles. The van der Waals surface area contributed by atoms with Crippen LogP contribution in [0, 0.1) is 0 Å². The van der Waals surface area contributed by atoms with Gasteiger partial charge >= 0.3 is 0 Å². The van der Waals surface area contributed by atoms with E-state index in [9.17, 15) is 9.59 Å². The molecule has 6 N–H and O–H groups in total. The van der Waals surface area contributed by atoms with Crippen molar-refractivity contribution in [1.82, 2.24) is 39.0 Å². The van der Waals surface area contributed by atoms with Crippen molar-refractivity contribution in [3.8, 4) is 0 Å². The molecule has 12 heteroatoms. The average Bonchev–Trinajstić information content (AvgIpc) is 3.20. The lowest BCUT2D eigenvalue weighted by Crippen LogP contribution is -2.21. The quantitative estimate of drug-likeness (QED) is 0.300. The first-order chi connectivity index (χ1) is 11.4. The molecule has 124 valence electrons. The van der Waals surface area contributed by atoms with Crippen LogP contribution in [0.15, 0.2) is 22.2 Å². The molecule has 0 aliphatic rings. The second kappa shape index (κ2) is 5.49. The summed E-state index contributed by atoms with van der Waals surface area (Å²) in [5.74, 6) is 0.333. The minimum Gasteiger partial charge on any atom is -0.369 e. The molecule has 0 unspecified atom stereocenters. The summed E-state index contributed by atoms with van der Waals surface area (Å²) in [4.78, 5) is 43.6. The maximum absolute atomic E-state index is 11.4. The van der Waals surface area contributed by atoms with Crippen molar-refractivity contribution >= 4 is 34.2 Å². The largest absolute Gasteiger partial charge is 0.369 e. The number of anilines is 2. The highest BCUT2D eigenvalue weighted by Crippen LogP contribution is 2.02. The van der Waals surface area contributed by atoms with Gasteiger partial charge in [0.25, 0.3) is 11.1 Å². The highest BCUT2D eigenvalue weighted by Gasteiger charge is 2.07. The molecule has 0 radical (unpaired) electrons. The van der Waals surface area contributed by atoms with Gasteiger partial charge in [-0.3, -0.25) is 18.7 Å².